The third-order valence-electron chi connectivity index (χ3n) is 3.48. The molecule has 1 unspecified atom stereocenters. The van der Waals surface area contributed by atoms with E-state index >= 15 is 0 Å². The van der Waals surface area contributed by atoms with Crippen LogP contribution in [-0.4, -0.2) is 42.7 Å². The van der Waals surface area contributed by atoms with Gasteiger partial charge < -0.3 is 10.1 Å². The largest absolute Gasteiger partial charge is 0.481 e. The molecule has 0 spiro atoms. The molecule has 0 amide bonds. The fraction of sp³-hybridized carbons (Fsp3) is 0.643. The smallest absolute Gasteiger partial charge is 0.217 e. The van der Waals surface area contributed by atoms with Crippen LogP contribution in [0.3, 0.4) is 0 Å². The summed E-state index contributed by atoms with van der Waals surface area (Å²) in [5, 5.41) is 3.44. The molecule has 0 saturated carbocycles. The van der Waals surface area contributed by atoms with Gasteiger partial charge in [-0.1, -0.05) is 13.0 Å². The second kappa shape index (κ2) is 6.71. The highest BCUT2D eigenvalue weighted by molar-refractivity contribution is 5.25. The molecule has 0 aliphatic carbocycles. The third kappa shape index (κ3) is 3.21. The van der Waals surface area contributed by atoms with Crippen molar-refractivity contribution in [3.8, 4) is 5.88 Å². The predicted octanol–water partition coefficient (Wildman–Crippen LogP) is 1.66. The summed E-state index contributed by atoms with van der Waals surface area (Å²) >= 11 is 0. The summed E-state index contributed by atoms with van der Waals surface area (Å²) in [6.45, 7) is 6.52. The van der Waals surface area contributed by atoms with Crippen LogP contribution in [-0.2, 0) is 6.54 Å². The molecule has 1 aliphatic rings. The first-order valence-electron chi connectivity index (χ1n) is 6.77. The fourth-order valence-electron chi connectivity index (χ4n) is 2.58. The van der Waals surface area contributed by atoms with Gasteiger partial charge in [0, 0.05) is 30.9 Å². The normalized spacial score (nSPS) is 19.4. The minimum Gasteiger partial charge on any atom is -0.481 e. The molecule has 2 heterocycles. The zero-order valence-electron chi connectivity index (χ0n) is 11.4. The van der Waals surface area contributed by atoms with Gasteiger partial charge in [-0.25, -0.2) is 4.98 Å². The van der Waals surface area contributed by atoms with E-state index < -0.39 is 0 Å². The summed E-state index contributed by atoms with van der Waals surface area (Å²) in [7, 11) is 1.69. The molecule has 1 aromatic heterocycles. The third-order valence-corrected chi connectivity index (χ3v) is 3.48. The van der Waals surface area contributed by atoms with Crippen molar-refractivity contribution in [2.75, 3.05) is 26.7 Å². The number of nitrogens with zero attached hydrogens (tertiary/aromatic N) is 2. The number of aromatic nitrogens is 1. The van der Waals surface area contributed by atoms with Gasteiger partial charge in [-0.05, 0) is 32.0 Å². The number of pyridine rings is 1. The lowest BCUT2D eigenvalue weighted by Gasteiger charge is -2.28. The summed E-state index contributed by atoms with van der Waals surface area (Å²) < 4.78 is 5.33. The molecule has 4 heteroatoms. The standard InChI is InChI=1S/C14H23N3O/c1-3-9-17(13-6-8-15-10-13)11-12-5-4-7-16-14(12)18-2/h4-5,7,13,15H,3,6,8-11H2,1-2H3. The number of nitrogens with one attached hydrogen (secondary N) is 1. The number of ether oxygens (including phenoxy) is 1. The van der Waals surface area contributed by atoms with Crippen molar-refractivity contribution in [3.05, 3.63) is 23.9 Å². The molecule has 1 aromatic rings. The van der Waals surface area contributed by atoms with Gasteiger partial charge in [0.05, 0.1) is 7.11 Å². The molecule has 18 heavy (non-hydrogen) atoms. The van der Waals surface area contributed by atoms with E-state index in [1.54, 1.807) is 13.3 Å². The summed E-state index contributed by atoms with van der Waals surface area (Å²) in [6, 6.07) is 4.74. The van der Waals surface area contributed by atoms with Gasteiger partial charge in [0.25, 0.3) is 0 Å². The molecular formula is C14H23N3O. The second-order valence-electron chi connectivity index (χ2n) is 4.79. The Morgan fingerprint density at radius 1 is 1.56 bits per heavy atom. The zero-order valence-corrected chi connectivity index (χ0v) is 11.4. The van der Waals surface area contributed by atoms with E-state index in [1.807, 2.05) is 6.07 Å². The lowest BCUT2D eigenvalue weighted by atomic mass is 10.1. The van der Waals surface area contributed by atoms with E-state index in [0.717, 1.165) is 32.1 Å². The van der Waals surface area contributed by atoms with Crippen molar-refractivity contribution in [2.45, 2.75) is 32.4 Å². The van der Waals surface area contributed by atoms with Gasteiger partial charge in [-0.2, -0.15) is 0 Å². The van der Waals surface area contributed by atoms with Crippen molar-refractivity contribution in [3.63, 3.8) is 0 Å². The Kier molecular flexibility index (Phi) is 4.96. The summed E-state index contributed by atoms with van der Waals surface area (Å²) in [5.41, 5.74) is 1.18. The number of hydrogen-bond donors (Lipinski definition) is 1. The monoisotopic (exact) mass is 249 g/mol. The van der Waals surface area contributed by atoms with Crippen LogP contribution in [0.15, 0.2) is 18.3 Å². The minimum atomic E-state index is 0.648. The van der Waals surface area contributed by atoms with Crippen molar-refractivity contribution >= 4 is 0 Å². The van der Waals surface area contributed by atoms with Crippen molar-refractivity contribution in [1.29, 1.82) is 0 Å². The highest BCUT2D eigenvalue weighted by atomic mass is 16.5. The van der Waals surface area contributed by atoms with Crippen LogP contribution in [0.5, 0.6) is 5.88 Å². The average Bonchev–Trinajstić information content (AvgIpc) is 2.92. The van der Waals surface area contributed by atoms with Crippen molar-refractivity contribution < 1.29 is 4.74 Å². The fourth-order valence-corrected chi connectivity index (χ4v) is 2.58. The average molecular weight is 249 g/mol. The Bertz CT molecular complexity index is 364. The first kappa shape index (κ1) is 13.3. The van der Waals surface area contributed by atoms with Gasteiger partial charge in [0.2, 0.25) is 5.88 Å². The number of rotatable bonds is 6. The van der Waals surface area contributed by atoms with Gasteiger partial charge in [0.1, 0.15) is 0 Å². The Labute approximate surface area is 109 Å². The van der Waals surface area contributed by atoms with Crippen LogP contribution < -0.4 is 10.1 Å². The van der Waals surface area contributed by atoms with E-state index in [2.05, 4.69) is 28.2 Å². The van der Waals surface area contributed by atoms with Crippen LogP contribution in [0.2, 0.25) is 0 Å². The lowest BCUT2D eigenvalue weighted by Crippen LogP contribution is -2.37. The minimum absolute atomic E-state index is 0.648. The van der Waals surface area contributed by atoms with E-state index in [0.29, 0.717) is 6.04 Å². The maximum absolute atomic E-state index is 5.33. The molecule has 4 nitrogen and oxygen atoms in total. The first-order chi connectivity index (χ1) is 8.85. The molecule has 2 rings (SSSR count). The van der Waals surface area contributed by atoms with Gasteiger partial charge in [-0.3, -0.25) is 4.90 Å². The molecule has 1 aliphatic heterocycles. The van der Waals surface area contributed by atoms with Crippen molar-refractivity contribution in [1.82, 2.24) is 15.2 Å². The van der Waals surface area contributed by atoms with E-state index in [1.165, 1.54) is 18.4 Å². The van der Waals surface area contributed by atoms with Gasteiger partial charge in [-0.15, -0.1) is 0 Å². The first-order valence-corrected chi connectivity index (χ1v) is 6.77. The van der Waals surface area contributed by atoms with Crippen LogP contribution in [0.1, 0.15) is 25.3 Å². The van der Waals surface area contributed by atoms with E-state index in [-0.39, 0.29) is 0 Å². The maximum atomic E-state index is 5.33. The van der Waals surface area contributed by atoms with Crippen molar-refractivity contribution in [2.24, 2.45) is 0 Å². The summed E-state index contributed by atoms with van der Waals surface area (Å²) in [5.74, 6) is 0.754. The quantitative estimate of drug-likeness (QED) is 0.832. The number of methoxy groups -OCH3 is 1. The molecule has 0 aromatic carbocycles. The summed E-state index contributed by atoms with van der Waals surface area (Å²) in [6.07, 6.45) is 4.20. The topological polar surface area (TPSA) is 37.4 Å². The second-order valence-corrected chi connectivity index (χ2v) is 4.79. The Balaban J connectivity index is 2.07. The number of hydrogen-bond acceptors (Lipinski definition) is 4. The maximum Gasteiger partial charge on any atom is 0.217 e. The van der Waals surface area contributed by atoms with Gasteiger partial charge in [0.15, 0.2) is 0 Å². The van der Waals surface area contributed by atoms with E-state index in [4.69, 9.17) is 4.74 Å². The SMILES string of the molecule is CCCN(Cc1cccnc1OC)C1CCNC1. The predicted molar refractivity (Wildman–Crippen MR) is 72.8 cm³/mol. The highest BCUT2D eigenvalue weighted by Crippen LogP contribution is 2.19. The Hall–Kier alpha value is -1.13. The van der Waals surface area contributed by atoms with Gasteiger partial charge >= 0.3 is 0 Å². The van der Waals surface area contributed by atoms with E-state index in [9.17, 15) is 0 Å². The molecule has 1 fully saturated rings. The Morgan fingerprint density at radius 3 is 3.11 bits per heavy atom. The van der Waals surface area contributed by atoms with Crippen LogP contribution in [0.4, 0.5) is 0 Å². The molecule has 1 saturated heterocycles. The van der Waals surface area contributed by atoms with Crippen LogP contribution in [0, 0.1) is 0 Å². The Morgan fingerprint density at radius 2 is 2.44 bits per heavy atom. The molecule has 0 radical (unpaired) electrons. The lowest BCUT2D eigenvalue weighted by molar-refractivity contribution is 0.196. The molecule has 100 valence electrons. The molecule has 1 N–H and O–H groups in total. The molecule has 1 atom stereocenters. The zero-order chi connectivity index (χ0) is 12.8. The van der Waals surface area contributed by atoms with Crippen LogP contribution in [0.25, 0.3) is 0 Å². The van der Waals surface area contributed by atoms with Crippen LogP contribution >= 0.6 is 0 Å². The molecule has 0 bridgehead atoms. The molecular weight excluding hydrogens is 226 g/mol. The summed E-state index contributed by atoms with van der Waals surface area (Å²) in [4.78, 5) is 6.81. The highest BCUT2D eigenvalue weighted by Gasteiger charge is 2.22.